The van der Waals surface area contributed by atoms with Gasteiger partial charge >= 0.3 is 0 Å². The number of carbonyl (C=O) groups excluding carboxylic acids is 4. The standard InChI is InChI=1S/C18H15N3O4/c1-10(22)19-12-8-6-11(7-9-12)16(23)20-14-5-3-4-13-15(14)18(25)21(2)17(13)24/h3-9H,1-2H3,(H,19,22)(H,20,23). The number of hydrogen-bond acceptors (Lipinski definition) is 4. The first-order valence-corrected chi connectivity index (χ1v) is 7.53. The van der Waals surface area contributed by atoms with E-state index in [2.05, 4.69) is 10.6 Å². The Morgan fingerprint density at radius 2 is 1.60 bits per heavy atom. The Labute approximate surface area is 143 Å². The lowest BCUT2D eigenvalue weighted by molar-refractivity contribution is -0.114. The second-order valence-corrected chi connectivity index (χ2v) is 5.61. The van der Waals surface area contributed by atoms with Crippen LogP contribution in [0.25, 0.3) is 0 Å². The van der Waals surface area contributed by atoms with Crippen LogP contribution in [0.1, 0.15) is 38.0 Å². The van der Waals surface area contributed by atoms with Crippen LogP contribution in [0.2, 0.25) is 0 Å². The zero-order chi connectivity index (χ0) is 18.1. The number of amides is 4. The fourth-order valence-electron chi connectivity index (χ4n) is 2.61. The van der Waals surface area contributed by atoms with Crippen LogP contribution in [0.3, 0.4) is 0 Å². The largest absolute Gasteiger partial charge is 0.326 e. The van der Waals surface area contributed by atoms with Crippen LogP contribution in [-0.2, 0) is 4.79 Å². The molecule has 2 aromatic carbocycles. The summed E-state index contributed by atoms with van der Waals surface area (Å²) in [5, 5.41) is 5.28. The zero-order valence-corrected chi connectivity index (χ0v) is 13.6. The van der Waals surface area contributed by atoms with Crippen molar-refractivity contribution in [3.8, 4) is 0 Å². The van der Waals surface area contributed by atoms with Crippen LogP contribution in [0.5, 0.6) is 0 Å². The third-order valence-electron chi connectivity index (χ3n) is 3.83. The Hall–Kier alpha value is -3.48. The summed E-state index contributed by atoms with van der Waals surface area (Å²) in [6.45, 7) is 1.39. The van der Waals surface area contributed by atoms with Crippen LogP contribution in [0.4, 0.5) is 11.4 Å². The Morgan fingerprint density at radius 1 is 0.920 bits per heavy atom. The number of nitrogens with one attached hydrogen (secondary N) is 2. The molecule has 0 aromatic heterocycles. The number of anilines is 2. The third-order valence-corrected chi connectivity index (χ3v) is 3.83. The maximum Gasteiger partial charge on any atom is 0.263 e. The van der Waals surface area contributed by atoms with Gasteiger partial charge in [-0.2, -0.15) is 0 Å². The summed E-state index contributed by atoms with van der Waals surface area (Å²) in [6, 6.07) is 11.1. The Kier molecular flexibility index (Phi) is 4.06. The fourth-order valence-corrected chi connectivity index (χ4v) is 2.61. The van der Waals surface area contributed by atoms with Gasteiger partial charge in [-0.3, -0.25) is 24.1 Å². The molecule has 1 aliphatic rings. The lowest BCUT2D eigenvalue weighted by Gasteiger charge is -2.09. The van der Waals surface area contributed by atoms with Crippen LogP contribution in [0, 0.1) is 0 Å². The molecule has 1 aliphatic heterocycles. The molecule has 0 radical (unpaired) electrons. The average molecular weight is 337 g/mol. The van der Waals surface area contributed by atoms with Crippen molar-refractivity contribution in [3.63, 3.8) is 0 Å². The maximum absolute atomic E-state index is 12.4. The monoisotopic (exact) mass is 337 g/mol. The molecule has 0 bridgehead atoms. The molecule has 0 saturated carbocycles. The molecule has 7 nitrogen and oxygen atoms in total. The van der Waals surface area contributed by atoms with Gasteiger partial charge in [0, 0.05) is 25.2 Å². The van der Waals surface area contributed by atoms with Gasteiger partial charge in [0.15, 0.2) is 0 Å². The molecule has 0 atom stereocenters. The predicted molar refractivity (Wildman–Crippen MR) is 91.6 cm³/mol. The van der Waals surface area contributed by atoms with Gasteiger partial charge < -0.3 is 10.6 Å². The Morgan fingerprint density at radius 3 is 2.24 bits per heavy atom. The smallest absolute Gasteiger partial charge is 0.263 e. The molecular formula is C18H15N3O4. The van der Waals surface area contributed by atoms with Crippen LogP contribution >= 0.6 is 0 Å². The molecule has 0 aliphatic carbocycles. The van der Waals surface area contributed by atoms with E-state index in [9.17, 15) is 19.2 Å². The summed E-state index contributed by atoms with van der Waals surface area (Å²) >= 11 is 0. The zero-order valence-electron chi connectivity index (χ0n) is 13.6. The first-order chi connectivity index (χ1) is 11.9. The van der Waals surface area contributed by atoms with Crippen molar-refractivity contribution in [2.45, 2.75) is 6.92 Å². The molecule has 0 spiro atoms. The third kappa shape index (κ3) is 2.99. The van der Waals surface area contributed by atoms with E-state index in [1.807, 2.05) is 0 Å². The second kappa shape index (κ2) is 6.20. The first-order valence-electron chi connectivity index (χ1n) is 7.53. The number of imide groups is 1. The van der Waals surface area contributed by atoms with Crippen LogP contribution in [0.15, 0.2) is 42.5 Å². The molecule has 126 valence electrons. The van der Waals surface area contributed by atoms with E-state index in [0.717, 1.165) is 4.90 Å². The van der Waals surface area contributed by atoms with Crippen molar-refractivity contribution in [1.29, 1.82) is 0 Å². The summed E-state index contributed by atoms with van der Waals surface area (Å²) in [5.41, 5.74) is 1.68. The highest BCUT2D eigenvalue weighted by molar-refractivity contribution is 6.24. The molecular weight excluding hydrogens is 322 g/mol. The van der Waals surface area contributed by atoms with Gasteiger partial charge in [0.2, 0.25) is 5.91 Å². The quantitative estimate of drug-likeness (QED) is 0.839. The van der Waals surface area contributed by atoms with Crippen molar-refractivity contribution in [2.75, 3.05) is 17.7 Å². The first kappa shape index (κ1) is 16.4. The lowest BCUT2D eigenvalue weighted by atomic mass is 10.1. The highest BCUT2D eigenvalue weighted by Gasteiger charge is 2.35. The van der Waals surface area contributed by atoms with Crippen molar-refractivity contribution < 1.29 is 19.2 Å². The average Bonchev–Trinajstić information content (AvgIpc) is 2.80. The van der Waals surface area contributed by atoms with Gasteiger partial charge in [0.05, 0.1) is 16.8 Å². The minimum atomic E-state index is -0.447. The number of fused-ring (bicyclic) bond motifs is 1. The summed E-state index contributed by atoms with van der Waals surface area (Å²) in [7, 11) is 1.40. The van der Waals surface area contributed by atoms with Crippen molar-refractivity contribution in [2.24, 2.45) is 0 Å². The minimum absolute atomic E-state index is 0.193. The van der Waals surface area contributed by atoms with Crippen LogP contribution < -0.4 is 10.6 Å². The van der Waals surface area contributed by atoms with Gasteiger partial charge in [0.25, 0.3) is 17.7 Å². The van der Waals surface area contributed by atoms with Crippen molar-refractivity contribution in [3.05, 3.63) is 59.2 Å². The number of nitrogens with zero attached hydrogens (tertiary/aromatic N) is 1. The van der Waals surface area contributed by atoms with Gasteiger partial charge in [-0.25, -0.2) is 0 Å². The number of rotatable bonds is 3. The molecule has 25 heavy (non-hydrogen) atoms. The molecule has 0 unspecified atom stereocenters. The Bertz CT molecular complexity index is 903. The highest BCUT2D eigenvalue weighted by Crippen LogP contribution is 2.28. The molecule has 0 fully saturated rings. The summed E-state index contributed by atoms with van der Waals surface area (Å²) < 4.78 is 0. The molecule has 3 rings (SSSR count). The predicted octanol–water partition coefficient (Wildman–Crippen LogP) is 2.12. The van der Waals surface area contributed by atoms with E-state index in [-0.39, 0.29) is 22.7 Å². The number of carbonyl (C=O) groups is 4. The summed E-state index contributed by atoms with van der Waals surface area (Å²) in [5.74, 6) is -1.46. The molecule has 7 heteroatoms. The van der Waals surface area contributed by atoms with Crippen molar-refractivity contribution >= 4 is 35.0 Å². The SMILES string of the molecule is CC(=O)Nc1ccc(C(=O)Nc2cccc3c2C(=O)N(C)C3=O)cc1. The van der Waals surface area contributed by atoms with E-state index >= 15 is 0 Å². The number of benzene rings is 2. The van der Waals surface area contributed by atoms with Gasteiger partial charge in [-0.15, -0.1) is 0 Å². The molecule has 1 heterocycles. The normalized spacial score (nSPS) is 12.8. The van der Waals surface area contributed by atoms with Gasteiger partial charge in [-0.1, -0.05) is 6.07 Å². The summed E-state index contributed by atoms with van der Waals surface area (Å²) in [6.07, 6.45) is 0. The highest BCUT2D eigenvalue weighted by atomic mass is 16.2. The number of hydrogen-bond donors (Lipinski definition) is 2. The van der Waals surface area contributed by atoms with Gasteiger partial charge in [-0.05, 0) is 36.4 Å². The minimum Gasteiger partial charge on any atom is -0.326 e. The molecule has 0 saturated heterocycles. The topological polar surface area (TPSA) is 95.6 Å². The lowest BCUT2D eigenvalue weighted by Crippen LogP contribution is -2.24. The van der Waals surface area contributed by atoms with E-state index in [1.165, 1.54) is 14.0 Å². The maximum atomic E-state index is 12.4. The molecule has 2 N–H and O–H groups in total. The molecule has 2 aromatic rings. The summed E-state index contributed by atoms with van der Waals surface area (Å²) in [4.78, 5) is 48.6. The van der Waals surface area contributed by atoms with E-state index < -0.39 is 17.7 Å². The van der Waals surface area contributed by atoms with Crippen molar-refractivity contribution in [1.82, 2.24) is 4.90 Å². The Balaban J connectivity index is 1.84. The van der Waals surface area contributed by atoms with E-state index in [4.69, 9.17) is 0 Å². The van der Waals surface area contributed by atoms with Gasteiger partial charge in [0.1, 0.15) is 0 Å². The molecule has 4 amide bonds. The van der Waals surface area contributed by atoms with E-state index in [0.29, 0.717) is 11.3 Å². The van der Waals surface area contributed by atoms with Crippen LogP contribution in [-0.4, -0.2) is 35.6 Å². The second-order valence-electron chi connectivity index (χ2n) is 5.61. The van der Waals surface area contributed by atoms with E-state index in [1.54, 1.807) is 42.5 Å². The fraction of sp³-hybridized carbons (Fsp3) is 0.111.